The third-order valence-electron chi connectivity index (χ3n) is 4.24. The number of halogens is 3. The number of anilines is 1. The number of ether oxygens (including phenoxy) is 1. The van der Waals surface area contributed by atoms with E-state index in [0.29, 0.717) is 26.3 Å². The molecule has 2 rings (SSSR count). The number of alkyl halides is 3. The molecule has 26 heavy (non-hydrogen) atoms. The second-order valence-corrected chi connectivity index (χ2v) is 6.12. The average molecular weight is 373 g/mol. The minimum Gasteiger partial charge on any atom is -0.378 e. The lowest BCUT2D eigenvalue weighted by Crippen LogP contribution is -2.50. The van der Waals surface area contributed by atoms with Gasteiger partial charge in [-0.1, -0.05) is 12.1 Å². The second kappa shape index (κ2) is 8.50. The van der Waals surface area contributed by atoms with Gasteiger partial charge in [-0.25, -0.2) is 0 Å². The number of carbonyl (C=O) groups is 2. The molecule has 1 aliphatic rings. The molecule has 1 N–H and O–H groups in total. The molecule has 1 heterocycles. The maximum Gasteiger partial charge on any atom is 0.418 e. The zero-order valence-electron chi connectivity index (χ0n) is 14.7. The number of rotatable bonds is 5. The van der Waals surface area contributed by atoms with Gasteiger partial charge in [0.2, 0.25) is 11.8 Å². The third-order valence-corrected chi connectivity index (χ3v) is 4.24. The van der Waals surface area contributed by atoms with Crippen LogP contribution < -0.4 is 5.32 Å². The zero-order valence-corrected chi connectivity index (χ0v) is 14.7. The van der Waals surface area contributed by atoms with E-state index in [1.54, 1.807) is 18.9 Å². The molecule has 1 aliphatic heterocycles. The Hall–Kier alpha value is -2.13. The predicted octanol–water partition coefficient (Wildman–Crippen LogP) is 1.82. The summed E-state index contributed by atoms with van der Waals surface area (Å²) in [5.41, 5.74) is -1.21. The van der Waals surface area contributed by atoms with Crippen molar-refractivity contribution in [1.82, 2.24) is 9.80 Å². The van der Waals surface area contributed by atoms with Crippen molar-refractivity contribution in [1.29, 1.82) is 0 Å². The largest absolute Gasteiger partial charge is 0.418 e. The maximum atomic E-state index is 13.0. The molecule has 0 spiro atoms. The fourth-order valence-electron chi connectivity index (χ4n) is 2.63. The molecule has 0 aromatic heterocycles. The van der Waals surface area contributed by atoms with E-state index in [9.17, 15) is 22.8 Å². The highest BCUT2D eigenvalue weighted by Crippen LogP contribution is 2.34. The van der Waals surface area contributed by atoms with E-state index in [2.05, 4.69) is 5.32 Å². The summed E-state index contributed by atoms with van der Waals surface area (Å²) in [6.07, 6.45) is -4.56. The molecule has 144 valence electrons. The first-order valence-electron chi connectivity index (χ1n) is 8.23. The molecular formula is C17H22F3N3O3. The van der Waals surface area contributed by atoms with E-state index in [1.807, 2.05) is 0 Å². The lowest BCUT2D eigenvalue weighted by atomic mass is 10.1. The zero-order chi connectivity index (χ0) is 19.3. The van der Waals surface area contributed by atoms with E-state index in [0.717, 1.165) is 6.07 Å². The van der Waals surface area contributed by atoms with Gasteiger partial charge in [0.25, 0.3) is 0 Å². The Balaban J connectivity index is 1.96. The summed E-state index contributed by atoms with van der Waals surface area (Å²) in [4.78, 5) is 27.7. The summed E-state index contributed by atoms with van der Waals surface area (Å²) < 4.78 is 44.1. The Morgan fingerprint density at radius 3 is 2.50 bits per heavy atom. The van der Waals surface area contributed by atoms with Gasteiger partial charge in [0, 0.05) is 13.1 Å². The standard InChI is InChI=1S/C17H22F3N3O3/c1-12(16(25)23-7-9-26-10-8-23)22(2)11-15(24)21-14-6-4-3-5-13(14)17(18,19)20/h3-6,12H,7-11H2,1-2H3,(H,21,24)/t12-/m0/s1. The maximum absolute atomic E-state index is 13.0. The second-order valence-electron chi connectivity index (χ2n) is 6.12. The molecular weight excluding hydrogens is 351 g/mol. The molecule has 9 heteroatoms. The van der Waals surface area contributed by atoms with Crippen LogP contribution in [0, 0.1) is 0 Å². The highest BCUT2D eigenvalue weighted by molar-refractivity contribution is 5.93. The number of hydrogen-bond donors (Lipinski definition) is 1. The summed E-state index contributed by atoms with van der Waals surface area (Å²) in [5, 5.41) is 2.28. The molecule has 1 atom stereocenters. The molecule has 2 amide bonds. The van der Waals surface area contributed by atoms with Crippen molar-refractivity contribution in [3.63, 3.8) is 0 Å². The molecule has 1 aromatic rings. The summed E-state index contributed by atoms with van der Waals surface area (Å²) in [5.74, 6) is -0.759. The van der Waals surface area contributed by atoms with Gasteiger partial charge in [-0.2, -0.15) is 13.2 Å². The van der Waals surface area contributed by atoms with Crippen LogP contribution in [0.1, 0.15) is 12.5 Å². The molecule has 0 bridgehead atoms. The lowest BCUT2D eigenvalue weighted by molar-refractivity contribution is -0.140. The van der Waals surface area contributed by atoms with Crippen LogP contribution in [0.3, 0.4) is 0 Å². The number of benzene rings is 1. The highest BCUT2D eigenvalue weighted by atomic mass is 19.4. The Morgan fingerprint density at radius 2 is 1.88 bits per heavy atom. The van der Waals surface area contributed by atoms with Gasteiger partial charge in [-0.05, 0) is 26.1 Å². The molecule has 0 unspecified atom stereocenters. The Bertz CT molecular complexity index is 646. The van der Waals surface area contributed by atoms with Crippen molar-refractivity contribution in [2.24, 2.45) is 0 Å². The van der Waals surface area contributed by atoms with Crippen LogP contribution in [-0.2, 0) is 20.5 Å². The highest BCUT2D eigenvalue weighted by Gasteiger charge is 2.34. The first-order valence-corrected chi connectivity index (χ1v) is 8.23. The first-order chi connectivity index (χ1) is 12.2. The minimum atomic E-state index is -4.56. The van der Waals surface area contributed by atoms with E-state index < -0.39 is 23.7 Å². The van der Waals surface area contributed by atoms with Gasteiger partial charge >= 0.3 is 6.18 Å². The number of hydrogen-bond acceptors (Lipinski definition) is 4. The number of nitrogens with zero attached hydrogens (tertiary/aromatic N) is 2. The summed E-state index contributed by atoms with van der Waals surface area (Å²) >= 11 is 0. The fraction of sp³-hybridized carbons (Fsp3) is 0.529. The summed E-state index contributed by atoms with van der Waals surface area (Å²) in [6.45, 7) is 3.37. The van der Waals surface area contributed by atoms with Crippen molar-refractivity contribution < 1.29 is 27.5 Å². The van der Waals surface area contributed by atoms with E-state index in [-0.39, 0.29) is 18.1 Å². The van der Waals surface area contributed by atoms with Gasteiger partial charge in [-0.15, -0.1) is 0 Å². The van der Waals surface area contributed by atoms with Crippen LogP contribution in [0.5, 0.6) is 0 Å². The topological polar surface area (TPSA) is 61.9 Å². The van der Waals surface area contributed by atoms with Gasteiger partial charge in [-0.3, -0.25) is 14.5 Å². The van der Waals surface area contributed by atoms with Crippen LogP contribution in [0.25, 0.3) is 0 Å². The average Bonchev–Trinajstić information content (AvgIpc) is 2.60. The van der Waals surface area contributed by atoms with Crippen molar-refractivity contribution in [2.75, 3.05) is 45.2 Å². The molecule has 1 fully saturated rings. The van der Waals surface area contributed by atoms with Gasteiger partial charge < -0.3 is 15.0 Å². The number of likely N-dealkylation sites (N-methyl/N-ethyl adjacent to an activating group) is 1. The number of amides is 2. The Labute approximate surface area is 149 Å². The first kappa shape index (κ1) is 20.2. The molecule has 1 aromatic carbocycles. The van der Waals surface area contributed by atoms with E-state index in [4.69, 9.17) is 4.74 Å². The predicted molar refractivity (Wildman–Crippen MR) is 89.6 cm³/mol. The number of para-hydroxylation sites is 1. The van der Waals surface area contributed by atoms with Crippen LogP contribution in [0.15, 0.2) is 24.3 Å². The van der Waals surface area contributed by atoms with Crippen molar-refractivity contribution in [3.05, 3.63) is 29.8 Å². The lowest BCUT2D eigenvalue weighted by Gasteiger charge is -2.32. The van der Waals surface area contributed by atoms with Crippen molar-refractivity contribution in [3.8, 4) is 0 Å². The molecule has 6 nitrogen and oxygen atoms in total. The Morgan fingerprint density at radius 1 is 1.27 bits per heavy atom. The quantitative estimate of drug-likeness (QED) is 0.855. The normalized spacial score (nSPS) is 16.5. The molecule has 0 radical (unpaired) electrons. The number of nitrogens with one attached hydrogen (secondary N) is 1. The molecule has 0 aliphatic carbocycles. The fourth-order valence-corrected chi connectivity index (χ4v) is 2.63. The van der Waals surface area contributed by atoms with E-state index >= 15 is 0 Å². The van der Waals surface area contributed by atoms with Crippen molar-refractivity contribution >= 4 is 17.5 Å². The van der Waals surface area contributed by atoms with Gasteiger partial charge in [0.05, 0.1) is 37.1 Å². The van der Waals surface area contributed by atoms with Crippen LogP contribution in [-0.4, -0.2) is 67.6 Å². The molecule has 0 saturated carbocycles. The SMILES string of the molecule is C[C@@H](C(=O)N1CCOCC1)N(C)CC(=O)Nc1ccccc1C(F)(F)F. The summed E-state index contributed by atoms with van der Waals surface area (Å²) in [6, 6.07) is 4.21. The number of morpholine rings is 1. The van der Waals surface area contributed by atoms with Crippen LogP contribution >= 0.6 is 0 Å². The smallest absolute Gasteiger partial charge is 0.378 e. The minimum absolute atomic E-state index is 0.140. The Kier molecular flexibility index (Phi) is 6.60. The monoisotopic (exact) mass is 373 g/mol. The molecule has 1 saturated heterocycles. The van der Waals surface area contributed by atoms with E-state index in [1.165, 1.54) is 23.1 Å². The number of carbonyl (C=O) groups excluding carboxylic acids is 2. The van der Waals surface area contributed by atoms with Crippen molar-refractivity contribution in [2.45, 2.75) is 19.1 Å². The van der Waals surface area contributed by atoms with Crippen LogP contribution in [0.2, 0.25) is 0 Å². The van der Waals surface area contributed by atoms with Gasteiger partial charge in [0.15, 0.2) is 0 Å². The third kappa shape index (κ3) is 5.18. The summed E-state index contributed by atoms with van der Waals surface area (Å²) in [7, 11) is 1.58. The van der Waals surface area contributed by atoms with Crippen LogP contribution in [0.4, 0.5) is 18.9 Å². The van der Waals surface area contributed by atoms with Gasteiger partial charge in [0.1, 0.15) is 0 Å².